The SMILES string of the molecule is Cc1c(Cl)c(C(F)(F)F)nn1CCCNC(=O)c1ccc(COc2ccccc2Br)o1. The van der Waals surface area contributed by atoms with E-state index in [0.717, 1.165) is 4.47 Å². The van der Waals surface area contributed by atoms with Crippen molar-refractivity contribution >= 4 is 33.4 Å². The van der Waals surface area contributed by atoms with Gasteiger partial charge in [-0.1, -0.05) is 23.7 Å². The molecule has 1 amide bonds. The highest BCUT2D eigenvalue weighted by Gasteiger charge is 2.38. The molecular weight excluding hydrogens is 503 g/mol. The Morgan fingerprint density at radius 3 is 2.71 bits per heavy atom. The molecule has 0 fully saturated rings. The fraction of sp³-hybridized carbons (Fsp3) is 0.300. The maximum absolute atomic E-state index is 12.9. The number of amides is 1. The van der Waals surface area contributed by atoms with Crippen LogP contribution in [0.3, 0.4) is 0 Å². The first-order valence-corrected chi connectivity index (χ1v) is 10.4. The maximum atomic E-state index is 12.9. The predicted octanol–water partition coefficient (Wildman–Crippen LogP) is 5.62. The second-order valence-corrected chi connectivity index (χ2v) is 7.80. The van der Waals surface area contributed by atoms with E-state index in [1.807, 2.05) is 18.2 Å². The van der Waals surface area contributed by atoms with E-state index in [9.17, 15) is 18.0 Å². The summed E-state index contributed by atoms with van der Waals surface area (Å²) in [5.41, 5.74) is -0.885. The van der Waals surface area contributed by atoms with E-state index in [1.54, 1.807) is 12.1 Å². The van der Waals surface area contributed by atoms with Gasteiger partial charge in [-0.05, 0) is 53.5 Å². The number of carbonyl (C=O) groups is 1. The zero-order valence-electron chi connectivity index (χ0n) is 16.3. The van der Waals surface area contributed by atoms with Crippen LogP contribution in [0.15, 0.2) is 45.3 Å². The number of ether oxygens (including phenoxy) is 1. The van der Waals surface area contributed by atoms with Crippen molar-refractivity contribution in [3.8, 4) is 5.75 Å². The van der Waals surface area contributed by atoms with Crippen LogP contribution in [0, 0.1) is 6.92 Å². The zero-order valence-corrected chi connectivity index (χ0v) is 18.6. The average molecular weight is 521 g/mol. The molecule has 3 aromatic rings. The Balaban J connectivity index is 1.47. The quantitative estimate of drug-likeness (QED) is 0.392. The molecule has 0 radical (unpaired) electrons. The van der Waals surface area contributed by atoms with Crippen LogP contribution in [0.1, 0.15) is 34.1 Å². The molecule has 0 bridgehead atoms. The standard InChI is InChI=1S/C20H18BrClF3N3O3/c1-12-17(22)18(20(23,24)25)27-28(12)10-4-9-26-19(29)16-8-7-13(31-16)11-30-15-6-3-2-5-14(15)21/h2-3,5-8H,4,9-11H2,1H3,(H,26,29). The van der Waals surface area contributed by atoms with Gasteiger partial charge in [-0.2, -0.15) is 18.3 Å². The van der Waals surface area contributed by atoms with Crippen LogP contribution in [-0.2, 0) is 19.3 Å². The van der Waals surface area contributed by atoms with E-state index >= 15 is 0 Å². The number of nitrogens with zero attached hydrogens (tertiary/aromatic N) is 2. The van der Waals surface area contributed by atoms with E-state index in [-0.39, 0.29) is 31.2 Å². The van der Waals surface area contributed by atoms with E-state index in [1.165, 1.54) is 17.7 Å². The number of nitrogens with one attached hydrogen (secondary N) is 1. The lowest BCUT2D eigenvalue weighted by atomic mass is 10.3. The van der Waals surface area contributed by atoms with Gasteiger partial charge in [0.05, 0.1) is 15.2 Å². The number of aromatic nitrogens is 2. The molecule has 0 aliphatic carbocycles. The molecule has 1 aromatic carbocycles. The molecule has 0 unspecified atom stereocenters. The lowest BCUT2D eigenvalue weighted by Crippen LogP contribution is -2.25. The summed E-state index contributed by atoms with van der Waals surface area (Å²) >= 11 is 9.10. The molecule has 1 N–H and O–H groups in total. The van der Waals surface area contributed by atoms with Gasteiger partial charge in [-0.3, -0.25) is 9.48 Å². The summed E-state index contributed by atoms with van der Waals surface area (Å²) < 4.78 is 51.7. The lowest BCUT2D eigenvalue weighted by molar-refractivity contribution is -0.141. The molecule has 6 nitrogen and oxygen atoms in total. The first-order valence-electron chi connectivity index (χ1n) is 9.21. The van der Waals surface area contributed by atoms with Gasteiger partial charge in [-0.15, -0.1) is 0 Å². The van der Waals surface area contributed by atoms with Crippen molar-refractivity contribution < 1.29 is 27.1 Å². The van der Waals surface area contributed by atoms with Crippen molar-refractivity contribution in [3.05, 3.63) is 68.8 Å². The molecule has 0 aliphatic rings. The molecule has 11 heteroatoms. The van der Waals surface area contributed by atoms with Crippen molar-refractivity contribution in [1.82, 2.24) is 15.1 Å². The minimum Gasteiger partial charge on any atom is -0.484 e. The number of furan rings is 1. The molecule has 31 heavy (non-hydrogen) atoms. The Morgan fingerprint density at radius 2 is 2.03 bits per heavy atom. The van der Waals surface area contributed by atoms with Gasteiger partial charge in [0.1, 0.15) is 18.1 Å². The first kappa shape index (κ1) is 23.2. The second kappa shape index (κ2) is 9.78. The lowest BCUT2D eigenvalue weighted by Gasteiger charge is -2.06. The second-order valence-electron chi connectivity index (χ2n) is 6.56. The third-order valence-electron chi connectivity index (χ3n) is 4.33. The van der Waals surface area contributed by atoms with Crippen molar-refractivity contribution in [2.24, 2.45) is 0 Å². The largest absolute Gasteiger partial charge is 0.484 e. The van der Waals surface area contributed by atoms with Crippen LogP contribution in [-0.4, -0.2) is 22.2 Å². The number of hydrogen-bond donors (Lipinski definition) is 1. The summed E-state index contributed by atoms with van der Waals surface area (Å²) in [4.78, 5) is 12.2. The van der Waals surface area contributed by atoms with E-state index in [2.05, 4.69) is 26.3 Å². The maximum Gasteiger partial charge on any atom is 0.436 e. The van der Waals surface area contributed by atoms with Gasteiger partial charge < -0.3 is 14.5 Å². The number of para-hydroxylation sites is 1. The highest BCUT2D eigenvalue weighted by Crippen LogP contribution is 2.35. The topological polar surface area (TPSA) is 69.3 Å². The van der Waals surface area contributed by atoms with Crippen LogP contribution >= 0.6 is 27.5 Å². The van der Waals surface area contributed by atoms with Crippen molar-refractivity contribution in [1.29, 1.82) is 0 Å². The van der Waals surface area contributed by atoms with Crippen LogP contribution < -0.4 is 10.1 Å². The van der Waals surface area contributed by atoms with Crippen molar-refractivity contribution in [2.75, 3.05) is 6.54 Å². The van der Waals surface area contributed by atoms with Gasteiger partial charge in [0.2, 0.25) is 0 Å². The van der Waals surface area contributed by atoms with Gasteiger partial charge in [0.25, 0.3) is 5.91 Å². The monoisotopic (exact) mass is 519 g/mol. The molecule has 3 rings (SSSR count). The average Bonchev–Trinajstić information content (AvgIpc) is 3.30. The van der Waals surface area contributed by atoms with Crippen molar-refractivity contribution in [2.45, 2.75) is 32.7 Å². The van der Waals surface area contributed by atoms with Gasteiger partial charge >= 0.3 is 6.18 Å². The third kappa shape index (κ3) is 5.82. The fourth-order valence-electron chi connectivity index (χ4n) is 2.73. The number of halogens is 5. The molecule has 0 spiro atoms. The van der Waals surface area contributed by atoms with Gasteiger partial charge in [-0.25, -0.2) is 0 Å². The Morgan fingerprint density at radius 1 is 1.29 bits per heavy atom. The summed E-state index contributed by atoms with van der Waals surface area (Å²) in [5, 5.41) is 5.77. The van der Waals surface area contributed by atoms with Crippen LogP contribution in [0.2, 0.25) is 5.02 Å². The van der Waals surface area contributed by atoms with Gasteiger partial charge in [0.15, 0.2) is 11.5 Å². The number of benzene rings is 1. The summed E-state index contributed by atoms with van der Waals surface area (Å²) in [5.74, 6) is 0.803. The molecule has 2 aromatic heterocycles. The molecule has 0 saturated carbocycles. The zero-order chi connectivity index (χ0) is 22.6. The Hall–Kier alpha value is -2.46. The smallest absolute Gasteiger partial charge is 0.436 e. The van der Waals surface area contributed by atoms with Crippen molar-refractivity contribution in [3.63, 3.8) is 0 Å². The molecular formula is C20H18BrClF3N3O3. The summed E-state index contributed by atoms with van der Waals surface area (Å²) in [6.07, 6.45) is -4.25. The van der Waals surface area contributed by atoms with Crippen LogP contribution in [0.4, 0.5) is 13.2 Å². The minimum absolute atomic E-state index is 0.114. The predicted molar refractivity (Wildman–Crippen MR) is 111 cm³/mol. The van der Waals surface area contributed by atoms with Gasteiger partial charge in [0, 0.05) is 13.1 Å². The fourth-order valence-corrected chi connectivity index (χ4v) is 3.37. The van der Waals surface area contributed by atoms with E-state index < -0.39 is 22.8 Å². The summed E-state index contributed by atoms with van der Waals surface area (Å²) in [6.45, 7) is 2.01. The Kier molecular flexibility index (Phi) is 7.32. The number of aryl methyl sites for hydroxylation is 1. The van der Waals surface area contributed by atoms with E-state index in [0.29, 0.717) is 17.9 Å². The molecule has 2 heterocycles. The molecule has 0 atom stereocenters. The molecule has 166 valence electrons. The molecule has 0 saturated heterocycles. The number of alkyl halides is 3. The number of rotatable bonds is 8. The number of hydrogen-bond acceptors (Lipinski definition) is 4. The minimum atomic E-state index is -4.61. The first-order chi connectivity index (χ1) is 14.7. The highest BCUT2D eigenvalue weighted by atomic mass is 79.9. The Bertz CT molecular complexity index is 1070. The number of carbonyl (C=O) groups excluding carboxylic acids is 1. The normalized spacial score (nSPS) is 11.5. The highest BCUT2D eigenvalue weighted by molar-refractivity contribution is 9.10. The molecule has 0 aliphatic heterocycles. The summed E-state index contributed by atoms with van der Waals surface area (Å²) in [7, 11) is 0. The van der Waals surface area contributed by atoms with E-state index in [4.69, 9.17) is 20.8 Å². The summed E-state index contributed by atoms with van der Waals surface area (Å²) in [6, 6.07) is 10.5. The Labute approximate surface area is 189 Å². The van der Waals surface area contributed by atoms with Crippen LogP contribution in [0.25, 0.3) is 0 Å². The third-order valence-corrected chi connectivity index (χ3v) is 5.43. The van der Waals surface area contributed by atoms with Crippen LogP contribution in [0.5, 0.6) is 5.75 Å².